The maximum Gasteiger partial charge on any atom is 0.336 e. The molecule has 2 N–H and O–H groups in total. The zero-order chi connectivity index (χ0) is 12.3. The van der Waals surface area contributed by atoms with E-state index in [1.54, 1.807) is 31.2 Å². The lowest BCUT2D eigenvalue weighted by Gasteiger charge is -2.27. The van der Waals surface area contributed by atoms with Gasteiger partial charge in [0.25, 0.3) is 0 Å². The summed E-state index contributed by atoms with van der Waals surface area (Å²) in [5.74, 6) is -1.22. The van der Waals surface area contributed by atoms with Crippen LogP contribution in [0, 0.1) is 0 Å². The van der Waals surface area contributed by atoms with Gasteiger partial charge in [-0.05, 0) is 13.0 Å². The molecule has 0 spiro atoms. The van der Waals surface area contributed by atoms with Gasteiger partial charge in [-0.3, -0.25) is 0 Å². The fourth-order valence-electron chi connectivity index (χ4n) is 1.51. The molecule has 4 nitrogen and oxygen atoms in total. The summed E-state index contributed by atoms with van der Waals surface area (Å²) in [6.45, 7) is 2.94. The second-order valence-electron chi connectivity index (χ2n) is 3.92. The SMILES string of the molecule is COc1ccccc1C(C)C(C)(O)C(=O)O. The van der Waals surface area contributed by atoms with Gasteiger partial charge in [0.2, 0.25) is 0 Å². The Balaban J connectivity index is 3.14. The van der Waals surface area contributed by atoms with Crippen LogP contribution in [0.3, 0.4) is 0 Å². The van der Waals surface area contributed by atoms with E-state index in [1.165, 1.54) is 14.0 Å². The summed E-state index contributed by atoms with van der Waals surface area (Å²) in [6.07, 6.45) is 0. The van der Waals surface area contributed by atoms with Crippen molar-refractivity contribution in [3.8, 4) is 5.75 Å². The third kappa shape index (κ3) is 2.17. The molecule has 0 aliphatic heterocycles. The van der Waals surface area contributed by atoms with Crippen LogP contribution in [0.1, 0.15) is 25.3 Å². The van der Waals surface area contributed by atoms with E-state index >= 15 is 0 Å². The van der Waals surface area contributed by atoms with E-state index < -0.39 is 17.5 Å². The highest BCUT2D eigenvalue weighted by molar-refractivity contribution is 5.78. The molecule has 2 atom stereocenters. The molecule has 0 fully saturated rings. The quantitative estimate of drug-likeness (QED) is 0.815. The van der Waals surface area contributed by atoms with E-state index in [0.29, 0.717) is 11.3 Å². The molecule has 0 saturated carbocycles. The predicted molar refractivity (Wildman–Crippen MR) is 59.7 cm³/mol. The zero-order valence-corrected chi connectivity index (χ0v) is 9.60. The maximum atomic E-state index is 10.9. The molecular weight excluding hydrogens is 208 g/mol. The third-order valence-electron chi connectivity index (χ3n) is 2.88. The van der Waals surface area contributed by atoms with E-state index in [0.717, 1.165) is 0 Å². The number of hydrogen-bond donors (Lipinski definition) is 2. The Morgan fingerprint density at radius 3 is 2.50 bits per heavy atom. The van der Waals surface area contributed by atoms with E-state index in [4.69, 9.17) is 9.84 Å². The van der Waals surface area contributed by atoms with E-state index in [-0.39, 0.29) is 0 Å². The Labute approximate surface area is 94.5 Å². The van der Waals surface area contributed by atoms with Gasteiger partial charge in [-0.1, -0.05) is 25.1 Å². The molecule has 0 radical (unpaired) electrons. The van der Waals surface area contributed by atoms with Gasteiger partial charge in [0, 0.05) is 11.5 Å². The van der Waals surface area contributed by atoms with Crippen molar-refractivity contribution < 1.29 is 19.7 Å². The lowest BCUT2D eigenvalue weighted by Crippen LogP contribution is -2.40. The molecule has 4 heteroatoms. The highest BCUT2D eigenvalue weighted by atomic mass is 16.5. The Hall–Kier alpha value is -1.55. The molecule has 0 bridgehead atoms. The number of para-hydroxylation sites is 1. The van der Waals surface area contributed by atoms with Crippen LogP contribution in [0.15, 0.2) is 24.3 Å². The van der Waals surface area contributed by atoms with Crippen molar-refractivity contribution in [3.05, 3.63) is 29.8 Å². The number of carbonyl (C=O) groups is 1. The Morgan fingerprint density at radius 2 is 2.00 bits per heavy atom. The van der Waals surface area contributed by atoms with Crippen molar-refractivity contribution >= 4 is 5.97 Å². The van der Waals surface area contributed by atoms with Crippen molar-refractivity contribution in [3.63, 3.8) is 0 Å². The second kappa shape index (κ2) is 4.53. The summed E-state index contributed by atoms with van der Waals surface area (Å²) < 4.78 is 5.14. The minimum Gasteiger partial charge on any atom is -0.496 e. The van der Waals surface area contributed by atoms with Gasteiger partial charge in [-0.25, -0.2) is 4.79 Å². The summed E-state index contributed by atoms with van der Waals surface area (Å²) in [7, 11) is 1.51. The number of hydrogen-bond acceptors (Lipinski definition) is 3. The first-order chi connectivity index (χ1) is 7.41. The molecule has 0 aromatic heterocycles. The standard InChI is InChI=1S/C12H16O4/c1-8(12(2,15)11(13)14)9-6-4-5-7-10(9)16-3/h4-8,15H,1-3H3,(H,13,14). The molecule has 2 unspecified atom stereocenters. The third-order valence-corrected chi connectivity index (χ3v) is 2.88. The average molecular weight is 224 g/mol. The number of rotatable bonds is 4. The topological polar surface area (TPSA) is 66.8 Å². The fraction of sp³-hybridized carbons (Fsp3) is 0.417. The number of aliphatic carboxylic acids is 1. The normalized spacial score (nSPS) is 16.2. The number of carboxylic acids is 1. The van der Waals surface area contributed by atoms with E-state index in [2.05, 4.69) is 0 Å². The Morgan fingerprint density at radius 1 is 1.44 bits per heavy atom. The summed E-state index contributed by atoms with van der Waals surface area (Å²) >= 11 is 0. The molecule has 0 aliphatic carbocycles. The number of carboxylic acid groups (broad SMARTS) is 1. The molecule has 0 aliphatic rings. The van der Waals surface area contributed by atoms with Gasteiger partial charge in [-0.2, -0.15) is 0 Å². The smallest absolute Gasteiger partial charge is 0.336 e. The van der Waals surface area contributed by atoms with Crippen LogP contribution in [0.4, 0.5) is 0 Å². The van der Waals surface area contributed by atoms with Crippen LogP contribution < -0.4 is 4.74 Å². The second-order valence-corrected chi connectivity index (χ2v) is 3.92. The fourth-order valence-corrected chi connectivity index (χ4v) is 1.51. The van der Waals surface area contributed by atoms with Crippen LogP contribution in [-0.2, 0) is 4.79 Å². The molecule has 1 aromatic rings. The van der Waals surface area contributed by atoms with Gasteiger partial charge in [0.15, 0.2) is 5.60 Å². The minimum absolute atomic E-state index is 0.554. The van der Waals surface area contributed by atoms with Crippen LogP contribution in [0.25, 0.3) is 0 Å². The van der Waals surface area contributed by atoms with Crippen LogP contribution >= 0.6 is 0 Å². The maximum absolute atomic E-state index is 10.9. The first-order valence-electron chi connectivity index (χ1n) is 5.00. The highest BCUT2D eigenvalue weighted by Gasteiger charge is 2.38. The van der Waals surface area contributed by atoms with Gasteiger partial charge in [0.1, 0.15) is 5.75 Å². The Kier molecular flexibility index (Phi) is 3.55. The lowest BCUT2D eigenvalue weighted by molar-refractivity contribution is -0.158. The van der Waals surface area contributed by atoms with E-state index in [9.17, 15) is 9.90 Å². The van der Waals surface area contributed by atoms with Crippen LogP contribution in [-0.4, -0.2) is 28.9 Å². The van der Waals surface area contributed by atoms with Crippen LogP contribution in [0.2, 0.25) is 0 Å². The Bertz CT molecular complexity index is 384. The van der Waals surface area contributed by atoms with Crippen molar-refractivity contribution in [2.24, 2.45) is 0 Å². The monoisotopic (exact) mass is 224 g/mol. The largest absolute Gasteiger partial charge is 0.496 e. The zero-order valence-electron chi connectivity index (χ0n) is 9.60. The molecule has 0 amide bonds. The number of benzene rings is 1. The van der Waals surface area contributed by atoms with Crippen molar-refractivity contribution in [2.45, 2.75) is 25.4 Å². The predicted octanol–water partition coefficient (Wildman–Crippen LogP) is 1.63. The minimum atomic E-state index is -1.81. The van der Waals surface area contributed by atoms with Crippen molar-refractivity contribution in [2.75, 3.05) is 7.11 Å². The number of ether oxygens (including phenoxy) is 1. The van der Waals surface area contributed by atoms with Crippen molar-refractivity contribution in [1.82, 2.24) is 0 Å². The van der Waals surface area contributed by atoms with Gasteiger partial charge in [-0.15, -0.1) is 0 Å². The first kappa shape index (κ1) is 12.5. The first-order valence-corrected chi connectivity index (χ1v) is 5.00. The molecule has 1 rings (SSSR count). The summed E-state index contributed by atoms with van der Waals surface area (Å²) in [5, 5.41) is 18.8. The summed E-state index contributed by atoms with van der Waals surface area (Å²) in [4.78, 5) is 10.9. The summed E-state index contributed by atoms with van der Waals surface area (Å²) in [6, 6.07) is 7.07. The van der Waals surface area contributed by atoms with E-state index in [1.807, 2.05) is 0 Å². The lowest BCUT2D eigenvalue weighted by atomic mass is 9.84. The molecule has 0 saturated heterocycles. The van der Waals surface area contributed by atoms with Crippen molar-refractivity contribution in [1.29, 1.82) is 0 Å². The summed E-state index contributed by atoms with van der Waals surface area (Å²) in [5.41, 5.74) is -1.13. The number of methoxy groups -OCH3 is 1. The molecular formula is C12H16O4. The molecule has 16 heavy (non-hydrogen) atoms. The van der Waals surface area contributed by atoms with Gasteiger partial charge < -0.3 is 14.9 Å². The molecule has 0 heterocycles. The van der Waals surface area contributed by atoms with Gasteiger partial charge >= 0.3 is 5.97 Å². The molecule has 1 aromatic carbocycles. The number of aliphatic hydroxyl groups is 1. The average Bonchev–Trinajstić information content (AvgIpc) is 2.27. The van der Waals surface area contributed by atoms with Gasteiger partial charge in [0.05, 0.1) is 7.11 Å². The molecule has 88 valence electrons. The van der Waals surface area contributed by atoms with Crippen LogP contribution in [0.5, 0.6) is 5.75 Å². The highest BCUT2D eigenvalue weighted by Crippen LogP contribution is 2.33.